The molecule has 0 bridgehead atoms. The fraction of sp³-hybridized carbons (Fsp3) is 0.125. The standard InChI is InChI=1S/C16H17N/c1-2-17(16-11-7-4-8-12-16)14-13-15-9-5-3-6-10-15/h3-14H,2H2,1H3/b14-13+. The summed E-state index contributed by atoms with van der Waals surface area (Å²) in [6.45, 7) is 3.12. The molecule has 0 aliphatic heterocycles. The lowest BCUT2D eigenvalue weighted by molar-refractivity contribution is 1.02. The highest BCUT2D eigenvalue weighted by Crippen LogP contribution is 2.14. The molecule has 0 N–H and O–H groups in total. The molecule has 0 aromatic heterocycles. The highest BCUT2D eigenvalue weighted by Gasteiger charge is 1.97. The van der Waals surface area contributed by atoms with Crippen molar-refractivity contribution in [3.63, 3.8) is 0 Å². The molecule has 0 amide bonds. The van der Waals surface area contributed by atoms with Crippen molar-refractivity contribution in [2.45, 2.75) is 6.92 Å². The molecule has 2 aromatic rings. The molecule has 86 valence electrons. The van der Waals surface area contributed by atoms with Crippen LogP contribution in [-0.2, 0) is 0 Å². The molecule has 1 heteroatoms. The topological polar surface area (TPSA) is 3.24 Å². The summed E-state index contributed by atoms with van der Waals surface area (Å²) in [4.78, 5) is 2.23. The lowest BCUT2D eigenvalue weighted by Crippen LogP contribution is -2.14. The predicted molar refractivity (Wildman–Crippen MR) is 74.9 cm³/mol. The number of benzene rings is 2. The molecule has 0 aliphatic rings. The molecule has 0 atom stereocenters. The first-order valence-electron chi connectivity index (χ1n) is 5.95. The molecule has 0 spiro atoms. The molecule has 0 saturated carbocycles. The Hall–Kier alpha value is -2.02. The average Bonchev–Trinajstić information content (AvgIpc) is 2.42. The van der Waals surface area contributed by atoms with E-state index in [0.29, 0.717) is 0 Å². The minimum atomic E-state index is 0.966. The van der Waals surface area contributed by atoms with E-state index in [4.69, 9.17) is 0 Å². The van der Waals surface area contributed by atoms with Crippen molar-refractivity contribution in [3.05, 3.63) is 72.4 Å². The lowest BCUT2D eigenvalue weighted by Gasteiger charge is -2.18. The summed E-state index contributed by atoms with van der Waals surface area (Å²) in [6, 6.07) is 20.8. The van der Waals surface area contributed by atoms with Gasteiger partial charge in [-0.05, 0) is 30.7 Å². The summed E-state index contributed by atoms with van der Waals surface area (Å²) in [5, 5.41) is 0. The van der Waals surface area contributed by atoms with Gasteiger partial charge >= 0.3 is 0 Å². The summed E-state index contributed by atoms with van der Waals surface area (Å²) in [5.41, 5.74) is 2.45. The van der Waals surface area contributed by atoms with Crippen molar-refractivity contribution in [1.82, 2.24) is 0 Å². The first-order valence-corrected chi connectivity index (χ1v) is 5.95. The first-order chi connectivity index (χ1) is 8.40. The normalized spacial score (nSPS) is 10.6. The Morgan fingerprint density at radius 3 is 2.06 bits per heavy atom. The van der Waals surface area contributed by atoms with Gasteiger partial charge in [-0.3, -0.25) is 0 Å². The van der Waals surface area contributed by atoms with Crippen molar-refractivity contribution in [3.8, 4) is 0 Å². The minimum absolute atomic E-state index is 0.966. The quantitative estimate of drug-likeness (QED) is 0.751. The van der Waals surface area contributed by atoms with Crippen LogP contribution >= 0.6 is 0 Å². The monoisotopic (exact) mass is 223 g/mol. The van der Waals surface area contributed by atoms with Crippen LogP contribution in [0.2, 0.25) is 0 Å². The van der Waals surface area contributed by atoms with Crippen LogP contribution in [0.4, 0.5) is 5.69 Å². The molecular weight excluding hydrogens is 206 g/mol. The third-order valence-corrected chi connectivity index (χ3v) is 2.68. The summed E-state index contributed by atoms with van der Waals surface area (Å²) in [6.07, 6.45) is 4.27. The summed E-state index contributed by atoms with van der Waals surface area (Å²) < 4.78 is 0. The molecule has 0 aliphatic carbocycles. The van der Waals surface area contributed by atoms with Crippen LogP contribution in [0.3, 0.4) is 0 Å². The zero-order valence-corrected chi connectivity index (χ0v) is 10.1. The molecule has 0 fully saturated rings. The van der Waals surface area contributed by atoms with E-state index in [0.717, 1.165) is 6.54 Å². The van der Waals surface area contributed by atoms with Crippen LogP contribution in [0.25, 0.3) is 6.08 Å². The van der Waals surface area contributed by atoms with Gasteiger partial charge in [0.1, 0.15) is 0 Å². The Balaban J connectivity index is 2.14. The van der Waals surface area contributed by atoms with E-state index in [2.05, 4.69) is 72.6 Å². The van der Waals surface area contributed by atoms with Gasteiger partial charge in [-0.15, -0.1) is 0 Å². The first kappa shape index (κ1) is 11.5. The van der Waals surface area contributed by atoms with Gasteiger partial charge in [0.15, 0.2) is 0 Å². The van der Waals surface area contributed by atoms with Crippen LogP contribution in [0.5, 0.6) is 0 Å². The summed E-state index contributed by atoms with van der Waals surface area (Å²) >= 11 is 0. The molecule has 1 nitrogen and oxygen atoms in total. The third-order valence-electron chi connectivity index (χ3n) is 2.68. The molecule has 0 radical (unpaired) electrons. The Bertz CT molecular complexity index is 459. The van der Waals surface area contributed by atoms with Crippen molar-refractivity contribution < 1.29 is 0 Å². The maximum absolute atomic E-state index is 2.23. The van der Waals surface area contributed by atoms with Crippen molar-refractivity contribution in [1.29, 1.82) is 0 Å². The Morgan fingerprint density at radius 1 is 0.882 bits per heavy atom. The van der Waals surface area contributed by atoms with Crippen LogP contribution in [-0.4, -0.2) is 6.54 Å². The second-order valence-corrected chi connectivity index (χ2v) is 3.85. The van der Waals surface area contributed by atoms with E-state index in [1.165, 1.54) is 11.3 Å². The van der Waals surface area contributed by atoms with Crippen LogP contribution < -0.4 is 4.90 Å². The number of rotatable bonds is 4. The largest absolute Gasteiger partial charge is 0.348 e. The smallest absolute Gasteiger partial charge is 0.0405 e. The fourth-order valence-electron chi connectivity index (χ4n) is 1.73. The van der Waals surface area contributed by atoms with E-state index < -0.39 is 0 Å². The lowest BCUT2D eigenvalue weighted by atomic mass is 10.2. The van der Waals surface area contributed by atoms with Gasteiger partial charge in [0, 0.05) is 18.4 Å². The van der Waals surface area contributed by atoms with E-state index in [1.54, 1.807) is 0 Å². The Labute approximate surface area is 103 Å². The Morgan fingerprint density at radius 2 is 1.47 bits per heavy atom. The van der Waals surface area contributed by atoms with Gasteiger partial charge in [-0.25, -0.2) is 0 Å². The minimum Gasteiger partial charge on any atom is -0.348 e. The highest BCUT2D eigenvalue weighted by molar-refractivity contribution is 5.56. The van der Waals surface area contributed by atoms with Gasteiger partial charge in [-0.1, -0.05) is 48.5 Å². The van der Waals surface area contributed by atoms with Crippen LogP contribution in [0.1, 0.15) is 12.5 Å². The molecule has 2 aromatic carbocycles. The van der Waals surface area contributed by atoms with Crippen LogP contribution in [0.15, 0.2) is 66.9 Å². The van der Waals surface area contributed by atoms with Gasteiger partial charge in [0.05, 0.1) is 0 Å². The molecule has 17 heavy (non-hydrogen) atoms. The van der Waals surface area contributed by atoms with Crippen molar-refractivity contribution in [2.24, 2.45) is 0 Å². The molecule has 0 heterocycles. The SMILES string of the molecule is CCN(/C=C/c1ccccc1)c1ccccc1. The maximum atomic E-state index is 2.23. The Kier molecular flexibility index (Phi) is 3.98. The zero-order chi connectivity index (χ0) is 11.9. The zero-order valence-electron chi connectivity index (χ0n) is 10.1. The number of hydrogen-bond acceptors (Lipinski definition) is 1. The number of hydrogen-bond donors (Lipinski definition) is 0. The van der Waals surface area contributed by atoms with Crippen molar-refractivity contribution in [2.75, 3.05) is 11.4 Å². The maximum Gasteiger partial charge on any atom is 0.0405 e. The highest BCUT2D eigenvalue weighted by atomic mass is 15.1. The van der Waals surface area contributed by atoms with Gasteiger partial charge in [0.2, 0.25) is 0 Å². The summed E-state index contributed by atoms with van der Waals surface area (Å²) in [5.74, 6) is 0. The van der Waals surface area contributed by atoms with Crippen LogP contribution in [0, 0.1) is 0 Å². The molecular formula is C16H17N. The van der Waals surface area contributed by atoms with Gasteiger partial charge < -0.3 is 4.90 Å². The van der Waals surface area contributed by atoms with Crippen molar-refractivity contribution >= 4 is 11.8 Å². The van der Waals surface area contributed by atoms with Gasteiger partial charge in [-0.2, -0.15) is 0 Å². The number of anilines is 1. The number of para-hydroxylation sites is 1. The summed E-state index contributed by atoms with van der Waals surface area (Å²) in [7, 11) is 0. The third kappa shape index (κ3) is 3.22. The second-order valence-electron chi connectivity index (χ2n) is 3.85. The molecule has 0 unspecified atom stereocenters. The van der Waals surface area contributed by atoms with E-state index in [1.807, 2.05) is 12.1 Å². The second kappa shape index (κ2) is 5.90. The fourth-order valence-corrected chi connectivity index (χ4v) is 1.73. The van der Waals surface area contributed by atoms with E-state index in [9.17, 15) is 0 Å². The average molecular weight is 223 g/mol. The van der Waals surface area contributed by atoms with E-state index >= 15 is 0 Å². The molecule has 2 rings (SSSR count). The van der Waals surface area contributed by atoms with Gasteiger partial charge in [0.25, 0.3) is 0 Å². The predicted octanol–water partition coefficient (Wildman–Crippen LogP) is 4.18. The van der Waals surface area contributed by atoms with E-state index in [-0.39, 0.29) is 0 Å². The molecule has 0 saturated heterocycles. The number of nitrogens with zero attached hydrogens (tertiary/aromatic N) is 1.